The molecule has 1 aromatic carbocycles. The predicted octanol–water partition coefficient (Wildman–Crippen LogP) is 3.05. The molecule has 0 bridgehead atoms. The smallest absolute Gasteiger partial charge is 0.159 e. The molecule has 1 fully saturated rings. The highest BCUT2D eigenvalue weighted by molar-refractivity contribution is 5.26. The molecule has 3 nitrogen and oxygen atoms in total. The van der Waals surface area contributed by atoms with Crippen molar-refractivity contribution in [2.45, 2.75) is 45.4 Å². The molecule has 1 aliphatic rings. The van der Waals surface area contributed by atoms with E-state index in [9.17, 15) is 0 Å². The number of hydrogen-bond donors (Lipinski definition) is 1. The van der Waals surface area contributed by atoms with Crippen LogP contribution in [0.4, 0.5) is 0 Å². The summed E-state index contributed by atoms with van der Waals surface area (Å²) >= 11 is 0. The van der Waals surface area contributed by atoms with E-state index >= 15 is 0 Å². The van der Waals surface area contributed by atoms with E-state index in [4.69, 9.17) is 9.47 Å². The van der Waals surface area contributed by atoms with Gasteiger partial charge in [0.2, 0.25) is 0 Å². The van der Waals surface area contributed by atoms with Gasteiger partial charge in [-0.25, -0.2) is 0 Å². The molecule has 0 spiro atoms. The maximum atomic E-state index is 5.57. The lowest BCUT2D eigenvalue weighted by Gasteiger charge is -2.21. The van der Waals surface area contributed by atoms with Crippen LogP contribution in [0.15, 0.2) is 24.3 Å². The number of benzene rings is 1. The Morgan fingerprint density at radius 2 is 2.05 bits per heavy atom. The molecule has 3 heteroatoms. The number of ether oxygens (including phenoxy) is 2. The minimum Gasteiger partial charge on any atom is -0.350 e. The van der Waals surface area contributed by atoms with E-state index in [-0.39, 0.29) is 6.29 Å². The van der Waals surface area contributed by atoms with Crippen LogP contribution in [0.25, 0.3) is 0 Å². The van der Waals surface area contributed by atoms with Crippen molar-refractivity contribution >= 4 is 0 Å². The topological polar surface area (TPSA) is 30.5 Å². The molecule has 0 aliphatic carbocycles. The van der Waals surface area contributed by atoms with Crippen LogP contribution in [-0.4, -0.2) is 26.0 Å². The zero-order valence-electron chi connectivity index (χ0n) is 12.0. The van der Waals surface area contributed by atoms with E-state index in [1.54, 1.807) is 0 Å². The van der Waals surface area contributed by atoms with Gasteiger partial charge in [0, 0.05) is 12.5 Å². The van der Waals surface area contributed by atoms with Gasteiger partial charge in [-0.1, -0.05) is 44.5 Å². The molecule has 1 aliphatic heterocycles. The highest BCUT2D eigenvalue weighted by Crippen LogP contribution is 2.23. The number of aryl methyl sites for hydroxylation is 1. The first kappa shape index (κ1) is 14.5. The fourth-order valence-electron chi connectivity index (χ4n) is 2.57. The van der Waals surface area contributed by atoms with Crippen LogP contribution >= 0.6 is 0 Å². The summed E-state index contributed by atoms with van der Waals surface area (Å²) in [4.78, 5) is 0. The Morgan fingerprint density at radius 1 is 1.26 bits per heavy atom. The first-order valence-electron chi connectivity index (χ1n) is 7.39. The van der Waals surface area contributed by atoms with E-state index in [1.165, 1.54) is 17.5 Å². The molecule has 2 rings (SSSR count). The average Bonchev–Trinajstić information content (AvgIpc) is 2.92. The van der Waals surface area contributed by atoms with Crippen LogP contribution in [0.2, 0.25) is 0 Å². The summed E-state index contributed by atoms with van der Waals surface area (Å²) in [5.74, 6) is 0. The zero-order valence-corrected chi connectivity index (χ0v) is 12.0. The van der Waals surface area contributed by atoms with Crippen molar-refractivity contribution in [3.8, 4) is 0 Å². The van der Waals surface area contributed by atoms with Gasteiger partial charge in [-0.05, 0) is 24.1 Å². The molecule has 1 unspecified atom stereocenters. The van der Waals surface area contributed by atoms with Crippen LogP contribution in [0, 0.1) is 0 Å². The maximum absolute atomic E-state index is 5.57. The van der Waals surface area contributed by atoms with Crippen molar-refractivity contribution in [2.24, 2.45) is 0 Å². The number of hydrogen-bond acceptors (Lipinski definition) is 3. The Hall–Kier alpha value is -0.900. The molecule has 0 amide bonds. The van der Waals surface area contributed by atoms with Crippen molar-refractivity contribution in [2.75, 3.05) is 19.8 Å². The second-order valence-corrected chi connectivity index (χ2v) is 5.01. The molecule has 1 aromatic rings. The molecular formula is C16H25NO2. The zero-order chi connectivity index (χ0) is 13.5. The third kappa shape index (κ3) is 4.30. The van der Waals surface area contributed by atoms with Crippen LogP contribution < -0.4 is 5.32 Å². The standard InChI is InChI=1S/C16H25NO2/c1-3-6-13-7-5-8-14(11-13)15(17-4-2)12-16-18-9-10-19-16/h5,7-8,11,15-17H,3-4,6,9-10,12H2,1-2H3. The predicted molar refractivity (Wildman–Crippen MR) is 77.2 cm³/mol. The summed E-state index contributed by atoms with van der Waals surface area (Å²) in [7, 11) is 0. The molecule has 0 saturated carbocycles. The van der Waals surface area contributed by atoms with Crippen LogP contribution in [0.3, 0.4) is 0 Å². The lowest BCUT2D eigenvalue weighted by atomic mass is 9.99. The quantitative estimate of drug-likeness (QED) is 0.820. The minimum atomic E-state index is -0.0566. The molecule has 1 saturated heterocycles. The second-order valence-electron chi connectivity index (χ2n) is 5.01. The summed E-state index contributed by atoms with van der Waals surface area (Å²) in [6.07, 6.45) is 3.15. The third-order valence-corrected chi connectivity index (χ3v) is 3.46. The molecule has 1 N–H and O–H groups in total. The molecular weight excluding hydrogens is 238 g/mol. The first-order chi connectivity index (χ1) is 9.33. The van der Waals surface area contributed by atoms with Crippen molar-refractivity contribution < 1.29 is 9.47 Å². The second kappa shape index (κ2) is 7.63. The van der Waals surface area contributed by atoms with E-state index < -0.39 is 0 Å². The van der Waals surface area contributed by atoms with E-state index in [0.29, 0.717) is 6.04 Å². The van der Waals surface area contributed by atoms with Gasteiger partial charge in [0.25, 0.3) is 0 Å². The SMILES string of the molecule is CCCc1cccc(C(CC2OCCO2)NCC)c1. The number of rotatable bonds is 7. The average molecular weight is 263 g/mol. The summed E-state index contributed by atoms with van der Waals surface area (Å²) in [5, 5.41) is 3.54. The van der Waals surface area contributed by atoms with Crippen LogP contribution in [0.1, 0.15) is 43.9 Å². The van der Waals surface area contributed by atoms with Crippen molar-refractivity contribution in [1.29, 1.82) is 0 Å². The monoisotopic (exact) mass is 263 g/mol. The summed E-state index contributed by atoms with van der Waals surface area (Å²) in [5.41, 5.74) is 2.75. The molecule has 0 aromatic heterocycles. The Labute approximate surface area is 116 Å². The summed E-state index contributed by atoms with van der Waals surface area (Å²) < 4.78 is 11.1. The Kier molecular flexibility index (Phi) is 5.83. The van der Waals surface area contributed by atoms with Gasteiger partial charge in [0.1, 0.15) is 0 Å². The van der Waals surface area contributed by atoms with E-state index in [1.807, 2.05) is 0 Å². The minimum absolute atomic E-state index is 0.0566. The Morgan fingerprint density at radius 3 is 2.74 bits per heavy atom. The molecule has 106 valence electrons. The molecule has 19 heavy (non-hydrogen) atoms. The van der Waals surface area contributed by atoms with Crippen molar-refractivity contribution in [1.82, 2.24) is 5.32 Å². The van der Waals surface area contributed by atoms with Gasteiger partial charge in [0.15, 0.2) is 6.29 Å². The fourth-order valence-corrected chi connectivity index (χ4v) is 2.57. The van der Waals surface area contributed by atoms with Crippen LogP contribution in [0.5, 0.6) is 0 Å². The van der Waals surface area contributed by atoms with E-state index in [0.717, 1.165) is 32.6 Å². The van der Waals surface area contributed by atoms with Gasteiger partial charge in [0.05, 0.1) is 13.2 Å². The van der Waals surface area contributed by atoms with Gasteiger partial charge >= 0.3 is 0 Å². The molecule has 0 radical (unpaired) electrons. The maximum Gasteiger partial charge on any atom is 0.159 e. The highest BCUT2D eigenvalue weighted by Gasteiger charge is 2.22. The van der Waals surface area contributed by atoms with Gasteiger partial charge in [-0.2, -0.15) is 0 Å². The normalized spacial score (nSPS) is 17.8. The fraction of sp³-hybridized carbons (Fsp3) is 0.625. The molecule has 1 heterocycles. The third-order valence-electron chi connectivity index (χ3n) is 3.46. The number of nitrogens with one attached hydrogen (secondary N) is 1. The summed E-state index contributed by atoms with van der Waals surface area (Å²) in [6, 6.07) is 9.18. The van der Waals surface area contributed by atoms with Gasteiger partial charge < -0.3 is 14.8 Å². The Bertz CT molecular complexity index is 375. The van der Waals surface area contributed by atoms with E-state index in [2.05, 4.69) is 43.4 Å². The Balaban J connectivity index is 2.05. The first-order valence-corrected chi connectivity index (χ1v) is 7.39. The van der Waals surface area contributed by atoms with Crippen molar-refractivity contribution in [3.63, 3.8) is 0 Å². The lowest BCUT2D eigenvalue weighted by Crippen LogP contribution is -2.26. The lowest BCUT2D eigenvalue weighted by molar-refractivity contribution is -0.0529. The van der Waals surface area contributed by atoms with Gasteiger partial charge in [-0.15, -0.1) is 0 Å². The molecule has 1 atom stereocenters. The highest BCUT2D eigenvalue weighted by atomic mass is 16.7. The van der Waals surface area contributed by atoms with Gasteiger partial charge in [-0.3, -0.25) is 0 Å². The van der Waals surface area contributed by atoms with Crippen molar-refractivity contribution in [3.05, 3.63) is 35.4 Å². The summed E-state index contributed by atoms with van der Waals surface area (Å²) in [6.45, 7) is 6.75. The van der Waals surface area contributed by atoms with Crippen LogP contribution in [-0.2, 0) is 15.9 Å². The largest absolute Gasteiger partial charge is 0.350 e.